The van der Waals surface area contributed by atoms with Gasteiger partial charge in [0.2, 0.25) is 5.91 Å². The van der Waals surface area contributed by atoms with Crippen LogP contribution in [0.4, 0.5) is 11.4 Å². The topological polar surface area (TPSA) is 84.2 Å². The molecule has 1 saturated carbocycles. The zero-order valence-electron chi connectivity index (χ0n) is 9.19. The van der Waals surface area contributed by atoms with E-state index in [1.807, 2.05) is 18.2 Å². The van der Waals surface area contributed by atoms with E-state index in [2.05, 4.69) is 10.6 Å². The van der Waals surface area contributed by atoms with Crippen molar-refractivity contribution in [1.29, 1.82) is 0 Å². The number of carbonyl (C=O) groups is 2. The Bertz CT molecular complexity index is 506. The van der Waals surface area contributed by atoms with Gasteiger partial charge in [-0.3, -0.25) is 14.9 Å². The maximum atomic E-state index is 11.8. The number of benzene rings is 1. The molecule has 2 heterocycles. The van der Waals surface area contributed by atoms with Gasteiger partial charge in [-0.05, 0) is 25.0 Å². The van der Waals surface area contributed by atoms with Gasteiger partial charge in [0.05, 0.1) is 11.4 Å². The molecule has 4 rings (SSSR count). The van der Waals surface area contributed by atoms with Crippen LogP contribution in [0.5, 0.6) is 0 Å². The Kier molecular flexibility index (Phi) is 1.92. The van der Waals surface area contributed by atoms with Gasteiger partial charge in [0, 0.05) is 5.92 Å². The fraction of sp³-hybridized carbons (Fsp3) is 0.333. The van der Waals surface area contributed by atoms with Crippen molar-refractivity contribution in [1.82, 2.24) is 5.32 Å². The lowest BCUT2D eigenvalue weighted by molar-refractivity contribution is -0.148. The number of para-hydroxylation sites is 2. The highest BCUT2D eigenvalue weighted by molar-refractivity contribution is 6.08. The summed E-state index contributed by atoms with van der Waals surface area (Å²) < 4.78 is 0. The van der Waals surface area contributed by atoms with E-state index >= 15 is 0 Å². The van der Waals surface area contributed by atoms with Gasteiger partial charge in [-0.1, -0.05) is 12.1 Å². The lowest BCUT2D eigenvalue weighted by atomic mass is 9.64. The molecule has 0 radical (unpaired) electrons. The number of nitrogens with one attached hydrogen (secondary N) is 2. The summed E-state index contributed by atoms with van der Waals surface area (Å²) in [6.45, 7) is 0. The first-order valence-corrected chi connectivity index (χ1v) is 5.59. The number of nitrogens with two attached hydrogens (primary N) is 1. The minimum atomic E-state index is -0.645. The molecule has 2 amide bonds. The van der Waals surface area contributed by atoms with E-state index in [-0.39, 0.29) is 17.7 Å². The number of fused-ring (bicyclic) bond motifs is 2. The average Bonchev–Trinajstić information content (AvgIpc) is 2.23. The number of amides is 2. The predicted molar refractivity (Wildman–Crippen MR) is 63.1 cm³/mol. The van der Waals surface area contributed by atoms with Crippen LogP contribution in [0.3, 0.4) is 0 Å². The van der Waals surface area contributed by atoms with Crippen molar-refractivity contribution in [2.75, 3.05) is 11.1 Å². The Morgan fingerprint density at radius 1 is 1.29 bits per heavy atom. The van der Waals surface area contributed by atoms with E-state index in [1.54, 1.807) is 6.07 Å². The van der Waals surface area contributed by atoms with Gasteiger partial charge >= 0.3 is 0 Å². The molecule has 5 nitrogen and oxygen atoms in total. The summed E-state index contributed by atoms with van der Waals surface area (Å²) in [6.07, 6.45) is 1.12. The molecule has 2 aliphatic heterocycles. The van der Waals surface area contributed by atoms with E-state index in [9.17, 15) is 9.59 Å². The van der Waals surface area contributed by atoms with Crippen LogP contribution in [-0.4, -0.2) is 17.4 Å². The highest BCUT2D eigenvalue weighted by atomic mass is 16.2. The fourth-order valence-corrected chi connectivity index (χ4v) is 2.51. The van der Waals surface area contributed by atoms with Gasteiger partial charge in [-0.2, -0.15) is 0 Å². The standard InChI is InChI=1S/C12H13N3O2/c13-8-3-1-2-4-9(8)15-12-5-7(6-12)10(16)14-11(12)17/h1-4,7,15H,5-6,13H2,(H,14,16,17). The van der Waals surface area contributed by atoms with Crippen molar-refractivity contribution in [3.8, 4) is 0 Å². The first-order valence-electron chi connectivity index (χ1n) is 5.59. The van der Waals surface area contributed by atoms with Gasteiger partial charge in [0.1, 0.15) is 5.54 Å². The number of hydrogen-bond acceptors (Lipinski definition) is 4. The lowest BCUT2D eigenvalue weighted by Crippen LogP contribution is -2.69. The van der Waals surface area contributed by atoms with Crippen LogP contribution in [0.15, 0.2) is 24.3 Å². The maximum Gasteiger partial charge on any atom is 0.252 e. The largest absolute Gasteiger partial charge is 0.397 e. The van der Waals surface area contributed by atoms with Gasteiger partial charge in [-0.15, -0.1) is 0 Å². The number of carbonyl (C=O) groups excluding carboxylic acids is 2. The van der Waals surface area contributed by atoms with Crippen molar-refractivity contribution >= 4 is 23.2 Å². The first-order chi connectivity index (χ1) is 8.11. The molecule has 5 heteroatoms. The Morgan fingerprint density at radius 3 is 2.65 bits per heavy atom. The van der Waals surface area contributed by atoms with E-state index in [1.165, 1.54) is 0 Å². The summed E-state index contributed by atoms with van der Waals surface area (Å²) in [7, 11) is 0. The molecular formula is C12H13N3O2. The van der Waals surface area contributed by atoms with Gasteiger partial charge in [0.25, 0.3) is 5.91 Å². The zero-order chi connectivity index (χ0) is 12.0. The Morgan fingerprint density at radius 2 is 2.00 bits per heavy atom. The monoisotopic (exact) mass is 231 g/mol. The third kappa shape index (κ3) is 1.39. The molecule has 3 aliphatic rings. The predicted octanol–water partition coefficient (Wildman–Crippen LogP) is 0.486. The minimum absolute atomic E-state index is 0.0369. The highest BCUT2D eigenvalue weighted by Crippen LogP contribution is 2.44. The fourth-order valence-electron chi connectivity index (χ4n) is 2.51. The van der Waals surface area contributed by atoms with Crippen LogP contribution >= 0.6 is 0 Å². The number of anilines is 2. The second kappa shape index (κ2) is 3.23. The number of hydrogen-bond donors (Lipinski definition) is 3. The van der Waals surface area contributed by atoms with Gasteiger partial charge in [-0.25, -0.2) is 0 Å². The second-order valence-corrected chi connectivity index (χ2v) is 4.72. The molecular weight excluding hydrogens is 218 g/mol. The van der Waals surface area contributed by atoms with Crippen LogP contribution < -0.4 is 16.4 Å². The second-order valence-electron chi connectivity index (χ2n) is 4.72. The summed E-state index contributed by atoms with van der Waals surface area (Å²) >= 11 is 0. The molecule has 1 aromatic rings. The summed E-state index contributed by atoms with van der Waals surface area (Å²) in [6, 6.07) is 7.31. The lowest BCUT2D eigenvalue weighted by Gasteiger charge is -2.50. The van der Waals surface area contributed by atoms with Gasteiger partial charge in [0.15, 0.2) is 0 Å². The maximum absolute atomic E-state index is 11.8. The van der Waals surface area contributed by atoms with Gasteiger partial charge < -0.3 is 11.1 Å². The molecule has 0 spiro atoms. The number of nitrogen functional groups attached to an aromatic ring is 1. The highest BCUT2D eigenvalue weighted by Gasteiger charge is 2.57. The summed E-state index contributed by atoms with van der Waals surface area (Å²) in [5.41, 5.74) is 6.53. The van der Waals surface area contributed by atoms with Crippen LogP contribution in [0, 0.1) is 5.92 Å². The molecule has 3 fully saturated rings. The SMILES string of the molecule is Nc1ccccc1NC12CC(C1)C(=O)NC2=O. The van der Waals surface area contributed by atoms with E-state index in [0.29, 0.717) is 18.5 Å². The Labute approximate surface area is 98.4 Å². The third-order valence-electron chi connectivity index (χ3n) is 3.57. The number of imide groups is 1. The van der Waals surface area contributed by atoms with Crippen molar-refractivity contribution in [3.05, 3.63) is 24.3 Å². The molecule has 0 aromatic heterocycles. The first kappa shape index (κ1) is 10.1. The molecule has 2 saturated heterocycles. The van der Waals surface area contributed by atoms with E-state index in [0.717, 1.165) is 5.69 Å². The summed E-state index contributed by atoms with van der Waals surface area (Å²) in [5, 5.41) is 5.55. The molecule has 88 valence electrons. The molecule has 1 aromatic carbocycles. The quantitative estimate of drug-likeness (QED) is 0.510. The molecule has 2 bridgehead atoms. The molecule has 0 atom stereocenters. The van der Waals surface area contributed by atoms with E-state index < -0.39 is 5.54 Å². The van der Waals surface area contributed by atoms with Crippen LogP contribution in [0.1, 0.15) is 12.8 Å². The summed E-state index contributed by atoms with van der Waals surface area (Å²) in [4.78, 5) is 23.2. The van der Waals surface area contributed by atoms with E-state index in [4.69, 9.17) is 5.73 Å². The van der Waals surface area contributed by atoms with Crippen molar-refractivity contribution in [2.45, 2.75) is 18.4 Å². The summed E-state index contributed by atoms with van der Waals surface area (Å²) in [5.74, 6) is -0.432. The average molecular weight is 231 g/mol. The smallest absolute Gasteiger partial charge is 0.252 e. The third-order valence-corrected chi connectivity index (χ3v) is 3.57. The molecule has 1 aliphatic carbocycles. The molecule has 17 heavy (non-hydrogen) atoms. The minimum Gasteiger partial charge on any atom is -0.397 e. The van der Waals surface area contributed by atoms with Crippen LogP contribution in [0.2, 0.25) is 0 Å². The zero-order valence-corrected chi connectivity index (χ0v) is 9.19. The van der Waals surface area contributed by atoms with Crippen LogP contribution in [0.25, 0.3) is 0 Å². The van der Waals surface area contributed by atoms with Crippen molar-refractivity contribution in [2.24, 2.45) is 5.92 Å². The van der Waals surface area contributed by atoms with Crippen LogP contribution in [-0.2, 0) is 9.59 Å². The molecule has 0 unspecified atom stereocenters. The Balaban J connectivity index is 1.85. The molecule has 4 N–H and O–H groups in total. The Hall–Kier alpha value is -2.04. The van der Waals surface area contributed by atoms with Crippen molar-refractivity contribution < 1.29 is 9.59 Å². The number of rotatable bonds is 2. The normalized spacial score (nSPS) is 30.5. The number of piperidine rings is 2. The van der Waals surface area contributed by atoms with Crippen molar-refractivity contribution in [3.63, 3.8) is 0 Å².